The molecule has 0 aromatic carbocycles. The van der Waals surface area contributed by atoms with Crippen LogP contribution in [0.4, 0.5) is 5.69 Å². The summed E-state index contributed by atoms with van der Waals surface area (Å²) in [6.07, 6.45) is 3.68. The summed E-state index contributed by atoms with van der Waals surface area (Å²) >= 11 is 1.78. The maximum Gasteiger partial charge on any atom is 0.0553 e. The molecule has 2 aromatic heterocycles. The lowest BCUT2D eigenvalue weighted by molar-refractivity contribution is 0.934. The molecule has 0 spiro atoms. The lowest BCUT2D eigenvalue weighted by Crippen LogP contribution is -2.15. The Hall–Kier alpha value is -1.35. The van der Waals surface area contributed by atoms with Crippen LogP contribution in [0, 0.1) is 0 Å². The van der Waals surface area contributed by atoms with Crippen molar-refractivity contribution in [2.24, 2.45) is 0 Å². The molecule has 0 aliphatic rings. The molecule has 0 aliphatic heterocycles. The zero-order valence-electron chi connectivity index (χ0n) is 8.05. The zero-order chi connectivity index (χ0) is 9.80. The maximum atomic E-state index is 4.10. The highest BCUT2D eigenvalue weighted by atomic mass is 32.1. The number of rotatable bonds is 3. The fourth-order valence-electron chi connectivity index (χ4n) is 1.31. The molecule has 0 radical (unpaired) electrons. The van der Waals surface area contributed by atoms with Gasteiger partial charge in [-0.3, -0.25) is 4.98 Å². The molecule has 0 aliphatic carbocycles. The Labute approximate surface area is 87.8 Å². The van der Waals surface area contributed by atoms with Crippen LogP contribution in [-0.2, 0) is 6.54 Å². The predicted molar refractivity (Wildman–Crippen MR) is 60.7 cm³/mol. The van der Waals surface area contributed by atoms with E-state index in [4.69, 9.17) is 0 Å². The van der Waals surface area contributed by atoms with Gasteiger partial charge in [-0.25, -0.2) is 0 Å². The van der Waals surface area contributed by atoms with Crippen LogP contribution in [0.1, 0.15) is 4.88 Å². The highest BCUT2D eigenvalue weighted by molar-refractivity contribution is 7.09. The molecule has 0 atom stereocenters. The fraction of sp³-hybridized carbons (Fsp3) is 0.182. The molecule has 0 saturated carbocycles. The van der Waals surface area contributed by atoms with Gasteiger partial charge in [0.05, 0.1) is 18.4 Å². The third kappa shape index (κ3) is 2.12. The SMILES string of the molecule is CN(Cc1cccs1)c1cccnc1. The van der Waals surface area contributed by atoms with Crippen LogP contribution in [0.25, 0.3) is 0 Å². The minimum absolute atomic E-state index is 0.948. The second kappa shape index (κ2) is 4.24. The molecule has 2 rings (SSSR count). The Morgan fingerprint density at radius 1 is 1.36 bits per heavy atom. The van der Waals surface area contributed by atoms with Gasteiger partial charge in [-0.05, 0) is 23.6 Å². The third-order valence-electron chi connectivity index (χ3n) is 2.06. The molecule has 3 heteroatoms. The summed E-state index contributed by atoms with van der Waals surface area (Å²) in [6, 6.07) is 8.26. The Kier molecular flexibility index (Phi) is 2.79. The molecule has 0 bridgehead atoms. The summed E-state index contributed by atoms with van der Waals surface area (Å²) in [5, 5.41) is 2.10. The second-order valence-electron chi connectivity index (χ2n) is 3.15. The first kappa shape index (κ1) is 9.21. The van der Waals surface area contributed by atoms with Crippen molar-refractivity contribution in [3.63, 3.8) is 0 Å². The molecule has 0 saturated heterocycles. The van der Waals surface area contributed by atoms with Gasteiger partial charge in [0.2, 0.25) is 0 Å². The number of nitrogens with zero attached hydrogens (tertiary/aromatic N) is 2. The van der Waals surface area contributed by atoms with Gasteiger partial charge in [-0.1, -0.05) is 6.07 Å². The van der Waals surface area contributed by atoms with Crippen molar-refractivity contribution in [2.45, 2.75) is 6.54 Å². The molecule has 72 valence electrons. The molecule has 14 heavy (non-hydrogen) atoms. The summed E-state index contributed by atoms with van der Waals surface area (Å²) in [7, 11) is 2.08. The van der Waals surface area contributed by atoms with E-state index in [1.54, 1.807) is 17.5 Å². The van der Waals surface area contributed by atoms with Crippen LogP contribution in [0.15, 0.2) is 42.0 Å². The number of hydrogen-bond acceptors (Lipinski definition) is 3. The molecule has 2 nitrogen and oxygen atoms in total. The second-order valence-corrected chi connectivity index (χ2v) is 4.18. The summed E-state index contributed by atoms with van der Waals surface area (Å²) in [5.74, 6) is 0. The fourth-order valence-corrected chi connectivity index (χ4v) is 2.06. The van der Waals surface area contributed by atoms with Gasteiger partial charge in [-0.15, -0.1) is 11.3 Å². The Balaban J connectivity index is 2.07. The van der Waals surface area contributed by atoms with Crippen LogP contribution in [-0.4, -0.2) is 12.0 Å². The standard InChI is InChI=1S/C11H12N2S/c1-13(9-11-5-3-7-14-11)10-4-2-6-12-8-10/h2-8H,9H2,1H3. The maximum absolute atomic E-state index is 4.10. The van der Waals surface area contributed by atoms with E-state index in [0.29, 0.717) is 0 Å². The van der Waals surface area contributed by atoms with Gasteiger partial charge < -0.3 is 4.90 Å². The summed E-state index contributed by atoms with van der Waals surface area (Å²) in [6.45, 7) is 0.948. The number of aromatic nitrogens is 1. The van der Waals surface area contributed by atoms with Crippen molar-refractivity contribution < 1.29 is 0 Å². The van der Waals surface area contributed by atoms with Crippen LogP contribution in [0.3, 0.4) is 0 Å². The zero-order valence-corrected chi connectivity index (χ0v) is 8.87. The molecule has 0 N–H and O–H groups in total. The molecular formula is C11H12N2S. The first-order chi connectivity index (χ1) is 6.86. The van der Waals surface area contributed by atoms with E-state index in [1.165, 1.54) is 4.88 Å². The lowest BCUT2D eigenvalue weighted by Gasteiger charge is -2.17. The normalized spacial score (nSPS) is 10.1. The van der Waals surface area contributed by atoms with E-state index in [1.807, 2.05) is 12.3 Å². The highest BCUT2D eigenvalue weighted by Crippen LogP contribution is 2.16. The lowest BCUT2D eigenvalue weighted by atomic mass is 10.3. The smallest absolute Gasteiger partial charge is 0.0553 e. The largest absolute Gasteiger partial charge is 0.368 e. The van der Waals surface area contributed by atoms with E-state index < -0.39 is 0 Å². The highest BCUT2D eigenvalue weighted by Gasteiger charge is 2.01. The minimum Gasteiger partial charge on any atom is -0.368 e. The summed E-state index contributed by atoms with van der Waals surface area (Å²) in [5.41, 5.74) is 1.15. The van der Waals surface area contributed by atoms with Gasteiger partial charge >= 0.3 is 0 Å². The average Bonchev–Trinajstić information content (AvgIpc) is 2.72. The van der Waals surface area contributed by atoms with Crippen LogP contribution >= 0.6 is 11.3 Å². The Morgan fingerprint density at radius 2 is 2.29 bits per heavy atom. The third-order valence-corrected chi connectivity index (χ3v) is 2.92. The number of anilines is 1. The summed E-state index contributed by atoms with van der Waals surface area (Å²) in [4.78, 5) is 7.66. The monoisotopic (exact) mass is 204 g/mol. The Morgan fingerprint density at radius 3 is 2.93 bits per heavy atom. The summed E-state index contributed by atoms with van der Waals surface area (Å²) < 4.78 is 0. The predicted octanol–water partition coefficient (Wildman–Crippen LogP) is 2.78. The molecule has 2 aromatic rings. The van der Waals surface area contributed by atoms with Gasteiger partial charge in [0.1, 0.15) is 0 Å². The number of pyridine rings is 1. The van der Waals surface area contributed by atoms with Gasteiger partial charge in [-0.2, -0.15) is 0 Å². The first-order valence-corrected chi connectivity index (χ1v) is 5.38. The van der Waals surface area contributed by atoms with E-state index in [2.05, 4.69) is 40.5 Å². The van der Waals surface area contributed by atoms with Crippen molar-refractivity contribution in [3.8, 4) is 0 Å². The molecule has 0 amide bonds. The van der Waals surface area contributed by atoms with E-state index in [-0.39, 0.29) is 0 Å². The van der Waals surface area contributed by atoms with Crippen molar-refractivity contribution in [1.29, 1.82) is 0 Å². The Bertz CT molecular complexity index is 369. The topological polar surface area (TPSA) is 16.1 Å². The van der Waals surface area contributed by atoms with E-state index in [9.17, 15) is 0 Å². The molecular weight excluding hydrogens is 192 g/mol. The van der Waals surface area contributed by atoms with Gasteiger partial charge in [0, 0.05) is 18.1 Å². The van der Waals surface area contributed by atoms with Gasteiger partial charge in [0.15, 0.2) is 0 Å². The van der Waals surface area contributed by atoms with Crippen molar-refractivity contribution >= 4 is 17.0 Å². The van der Waals surface area contributed by atoms with Crippen LogP contribution < -0.4 is 4.90 Å². The van der Waals surface area contributed by atoms with Crippen LogP contribution in [0.5, 0.6) is 0 Å². The van der Waals surface area contributed by atoms with E-state index in [0.717, 1.165) is 12.2 Å². The quantitative estimate of drug-likeness (QED) is 0.764. The molecule has 2 heterocycles. The van der Waals surface area contributed by atoms with E-state index >= 15 is 0 Å². The number of hydrogen-bond donors (Lipinski definition) is 0. The minimum atomic E-state index is 0.948. The molecule has 0 unspecified atom stereocenters. The average molecular weight is 204 g/mol. The van der Waals surface area contributed by atoms with Crippen LogP contribution in [0.2, 0.25) is 0 Å². The first-order valence-electron chi connectivity index (χ1n) is 4.50. The van der Waals surface area contributed by atoms with Crippen molar-refractivity contribution in [2.75, 3.05) is 11.9 Å². The van der Waals surface area contributed by atoms with Crippen molar-refractivity contribution in [1.82, 2.24) is 4.98 Å². The van der Waals surface area contributed by atoms with Crippen molar-refractivity contribution in [3.05, 3.63) is 46.9 Å². The number of thiophene rings is 1. The molecule has 0 fully saturated rings. The van der Waals surface area contributed by atoms with Gasteiger partial charge in [0.25, 0.3) is 0 Å².